The number of halogens is 2. The van der Waals surface area contributed by atoms with Crippen LogP contribution in [-0.4, -0.2) is 55.0 Å². The van der Waals surface area contributed by atoms with Crippen LogP contribution in [0.1, 0.15) is 50.8 Å². The van der Waals surface area contributed by atoms with Crippen molar-refractivity contribution in [2.24, 2.45) is 5.41 Å². The number of piperidine rings is 1. The van der Waals surface area contributed by atoms with Gasteiger partial charge in [-0.15, -0.1) is 15.0 Å². The van der Waals surface area contributed by atoms with Crippen LogP contribution in [0.2, 0.25) is 10.0 Å². The fourth-order valence-corrected chi connectivity index (χ4v) is 6.79. The largest absolute Gasteiger partial charge is 0.482 e. The third-order valence-corrected chi connectivity index (χ3v) is 9.03. The number of aliphatic carboxylic acids is 1. The Morgan fingerprint density at radius 1 is 1.12 bits per heavy atom. The van der Waals surface area contributed by atoms with Gasteiger partial charge in [0.2, 0.25) is 5.82 Å². The van der Waals surface area contributed by atoms with Crippen LogP contribution in [0.5, 0.6) is 5.75 Å². The number of rotatable bonds is 5. The summed E-state index contributed by atoms with van der Waals surface area (Å²) in [6.07, 6.45) is 5.44. The van der Waals surface area contributed by atoms with Crippen LogP contribution in [0, 0.1) is 5.41 Å². The maximum atomic E-state index is 11.9. The number of carboxylic acid groups (broad SMARTS) is 1. The van der Waals surface area contributed by atoms with Gasteiger partial charge < -0.3 is 14.7 Å². The van der Waals surface area contributed by atoms with Gasteiger partial charge in [0.15, 0.2) is 11.2 Å². The second kappa shape index (κ2) is 10.4. The monoisotopic (exact) mass is 610 g/mol. The number of carbonyl (C=O) groups is 1. The predicted molar refractivity (Wildman–Crippen MR) is 160 cm³/mol. The predicted octanol–water partition coefficient (Wildman–Crippen LogP) is 6.64. The van der Waals surface area contributed by atoms with Gasteiger partial charge in [-0.1, -0.05) is 79.6 Å². The minimum absolute atomic E-state index is 0.359. The molecule has 2 aromatic carbocycles. The molecule has 0 saturated carbocycles. The van der Waals surface area contributed by atoms with Gasteiger partial charge in [-0.3, -0.25) is 0 Å². The summed E-state index contributed by atoms with van der Waals surface area (Å²) in [5.41, 5.74) is 1.91. The van der Waals surface area contributed by atoms with Crippen LogP contribution in [0.4, 0.5) is 5.13 Å². The number of aromatic nitrogens is 5. The molecule has 1 saturated heterocycles. The number of ether oxygens (including phenoxy) is 1. The molecule has 2 aliphatic rings. The van der Waals surface area contributed by atoms with Crippen LogP contribution >= 0.6 is 34.5 Å². The number of benzene rings is 2. The van der Waals surface area contributed by atoms with Crippen molar-refractivity contribution in [3.05, 3.63) is 75.9 Å². The van der Waals surface area contributed by atoms with E-state index >= 15 is 0 Å². The number of hydrogen-bond donors (Lipinski definition) is 1. The molecule has 2 aliphatic heterocycles. The Morgan fingerprint density at radius 2 is 1.88 bits per heavy atom. The van der Waals surface area contributed by atoms with Crippen molar-refractivity contribution in [2.75, 3.05) is 18.0 Å². The summed E-state index contributed by atoms with van der Waals surface area (Å²) in [4.78, 5) is 20.6. The van der Waals surface area contributed by atoms with Gasteiger partial charge in [0.05, 0.1) is 11.1 Å². The lowest BCUT2D eigenvalue weighted by Crippen LogP contribution is -2.48. The number of carboxylic acids is 1. The molecule has 0 aliphatic carbocycles. The second-order valence-electron chi connectivity index (χ2n) is 11.4. The summed E-state index contributed by atoms with van der Waals surface area (Å²) < 4.78 is 6.64. The second-order valence-corrected chi connectivity index (χ2v) is 13.2. The molecule has 1 fully saturated rings. The van der Waals surface area contributed by atoms with Crippen molar-refractivity contribution in [2.45, 2.75) is 45.3 Å². The number of thiazole rings is 1. The lowest BCUT2D eigenvalue weighted by Gasteiger charge is -2.43. The molecule has 0 amide bonds. The highest BCUT2D eigenvalue weighted by atomic mass is 35.5. The normalized spacial score (nSPS) is 17.1. The number of para-hydroxylation sites is 1. The Labute approximate surface area is 251 Å². The molecule has 212 valence electrons. The van der Waals surface area contributed by atoms with Gasteiger partial charge >= 0.3 is 5.97 Å². The molecule has 1 N–H and O–H groups in total. The molecular formula is C29H28Cl2N6O3S. The first-order valence-corrected chi connectivity index (χ1v) is 14.8. The molecular weight excluding hydrogens is 583 g/mol. The zero-order valence-corrected chi connectivity index (χ0v) is 25.0. The molecule has 0 bridgehead atoms. The number of anilines is 1. The van der Waals surface area contributed by atoms with Crippen molar-refractivity contribution >= 4 is 51.2 Å². The molecule has 6 rings (SSSR count). The van der Waals surface area contributed by atoms with E-state index < -0.39 is 23.0 Å². The van der Waals surface area contributed by atoms with Crippen molar-refractivity contribution in [3.8, 4) is 16.5 Å². The van der Waals surface area contributed by atoms with Crippen LogP contribution < -0.4 is 9.64 Å². The molecule has 12 heteroatoms. The number of hydrogen-bond acceptors (Lipinski definition) is 8. The summed E-state index contributed by atoms with van der Waals surface area (Å²) in [5.74, 6) is 0.194. The first-order valence-electron chi connectivity index (χ1n) is 13.2. The summed E-state index contributed by atoms with van der Waals surface area (Å²) in [5, 5.41) is 24.3. The van der Waals surface area contributed by atoms with E-state index in [0.717, 1.165) is 58.4 Å². The van der Waals surface area contributed by atoms with Gasteiger partial charge in [0.1, 0.15) is 11.4 Å². The first kappa shape index (κ1) is 27.7. The smallest absolute Gasteiger partial charge is 0.331 e. The maximum absolute atomic E-state index is 11.9. The molecule has 1 spiro atoms. The molecule has 0 radical (unpaired) electrons. The number of tetrazole rings is 1. The lowest BCUT2D eigenvalue weighted by atomic mass is 9.83. The Hall–Kier alpha value is -3.47. The molecule has 4 heterocycles. The van der Waals surface area contributed by atoms with E-state index in [9.17, 15) is 9.90 Å². The SMILES string of the molecule is CC(C)(C)C(C(=O)O)n1nnc(-c2cnc(N3CCC4(C=C(c5ccc(Cl)cc5Cl)c5ccccc5O4)CC3)s2)n1. The summed E-state index contributed by atoms with van der Waals surface area (Å²) in [6, 6.07) is 12.7. The standard InChI is InChI=1S/C29H28Cl2N6O3S/c1-28(2,3)24(26(38)39)37-34-25(33-35-37)23-16-32-27(41-23)36-12-10-29(11-13-36)15-20(18-9-8-17(30)14-21(18)31)19-6-4-5-7-22(19)40-29/h4-9,14-16,24H,10-13H2,1-3H3,(H,38,39). The molecule has 41 heavy (non-hydrogen) atoms. The minimum atomic E-state index is -1.00. The van der Waals surface area contributed by atoms with Gasteiger partial charge in [-0.05, 0) is 40.5 Å². The average molecular weight is 612 g/mol. The van der Waals surface area contributed by atoms with E-state index in [1.807, 2.05) is 51.1 Å². The highest BCUT2D eigenvalue weighted by molar-refractivity contribution is 7.18. The lowest BCUT2D eigenvalue weighted by molar-refractivity contribution is -0.145. The zero-order chi connectivity index (χ0) is 28.9. The van der Waals surface area contributed by atoms with Crippen molar-refractivity contribution in [1.29, 1.82) is 0 Å². The Balaban J connectivity index is 1.22. The van der Waals surface area contributed by atoms with Crippen molar-refractivity contribution < 1.29 is 14.6 Å². The van der Waals surface area contributed by atoms with Gasteiger partial charge in [0, 0.05) is 47.1 Å². The zero-order valence-electron chi connectivity index (χ0n) is 22.7. The highest BCUT2D eigenvalue weighted by Crippen LogP contribution is 2.45. The Bertz CT molecular complexity index is 1650. The molecule has 4 aromatic rings. The minimum Gasteiger partial charge on any atom is -0.482 e. The summed E-state index contributed by atoms with van der Waals surface area (Å²) in [7, 11) is 0. The topological polar surface area (TPSA) is 106 Å². The fraction of sp³-hybridized carbons (Fsp3) is 0.345. The van der Waals surface area contributed by atoms with Gasteiger partial charge in [-0.2, -0.15) is 0 Å². The molecule has 1 unspecified atom stereocenters. The molecule has 9 nitrogen and oxygen atoms in total. The number of nitrogens with zero attached hydrogens (tertiary/aromatic N) is 6. The van der Waals surface area contributed by atoms with E-state index in [2.05, 4.69) is 37.4 Å². The van der Waals surface area contributed by atoms with Crippen molar-refractivity contribution in [3.63, 3.8) is 0 Å². The Kier molecular flexibility index (Phi) is 7.04. The summed E-state index contributed by atoms with van der Waals surface area (Å²) in [6.45, 7) is 6.97. The Morgan fingerprint density at radius 3 is 2.59 bits per heavy atom. The van der Waals surface area contributed by atoms with E-state index in [-0.39, 0.29) is 0 Å². The van der Waals surface area contributed by atoms with Crippen LogP contribution in [0.15, 0.2) is 54.7 Å². The summed E-state index contributed by atoms with van der Waals surface area (Å²) >= 11 is 14.3. The van der Waals surface area contributed by atoms with E-state index in [4.69, 9.17) is 27.9 Å². The third kappa shape index (κ3) is 5.31. The average Bonchev–Trinajstić information content (AvgIpc) is 3.58. The van der Waals surface area contributed by atoms with Crippen molar-refractivity contribution in [1.82, 2.24) is 25.2 Å². The van der Waals surface area contributed by atoms with E-state index in [0.29, 0.717) is 15.9 Å². The maximum Gasteiger partial charge on any atom is 0.331 e. The van der Waals surface area contributed by atoms with E-state index in [1.54, 1.807) is 12.3 Å². The first-order chi connectivity index (χ1) is 19.5. The van der Waals surface area contributed by atoms with Crippen LogP contribution in [0.25, 0.3) is 16.3 Å². The number of fused-ring (bicyclic) bond motifs is 1. The third-order valence-electron chi connectivity index (χ3n) is 7.43. The molecule has 2 aromatic heterocycles. The fourth-order valence-electron chi connectivity index (χ4n) is 5.38. The van der Waals surface area contributed by atoms with Crippen LogP contribution in [-0.2, 0) is 4.79 Å². The van der Waals surface area contributed by atoms with E-state index in [1.165, 1.54) is 16.1 Å². The quantitative estimate of drug-likeness (QED) is 0.268. The molecule has 1 atom stereocenters. The van der Waals surface area contributed by atoms with Crippen LogP contribution in [0.3, 0.4) is 0 Å². The van der Waals surface area contributed by atoms with Gasteiger partial charge in [0.25, 0.3) is 0 Å². The highest BCUT2D eigenvalue weighted by Gasteiger charge is 2.40. The van der Waals surface area contributed by atoms with Gasteiger partial charge in [-0.25, -0.2) is 9.78 Å².